The van der Waals surface area contributed by atoms with E-state index < -0.39 is 18.3 Å². The number of benzene rings is 2. The second-order valence-corrected chi connectivity index (χ2v) is 9.28. The van der Waals surface area contributed by atoms with Crippen molar-refractivity contribution in [1.29, 1.82) is 5.26 Å². The van der Waals surface area contributed by atoms with E-state index in [-0.39, 0.29) is 30.8 Å². The predicted molar refractivity (Wildman–Crippen MR) is 131 cm³/mol. The number of H-pyrrole nitrogens is 1. The number of aryl methyl sites for hydroxylation is 1. The summed E-state index contributed by atoms with van der Waals surface area (Å²) in [6, 6.07) is 20.3. The first-order chi connectivity index (χ1) is 17.0. The number of hydrogen-bond acceptors (Lipinski definition) is 6. The van der Waals surface area contributed by atoms with Crippen LogP contribution in [0.25, 0.3) is 33.4 Å². The van der Waals surface area contributed by atoms with Crippen LogP contribution in [0.3, 0.4) is 0 Å². The van der Waals surface area contributed by atoms with Crippen molar-refractivity contribution in [3.8, 4) is 34.3 Å². The number of ether oxygens (including phenoxy) is 3. The number of hydrogen-bond donors (Lipinski definition) is 2. The number of aromatic nitrogens is 2. The van der Waals surface area contributed by atoms with Crippen LogP contribution in [-0.4, -0.2) is 52.7 Å². The first-order valence-electron chi connectivity index (χ1n) is 11.4. The summed E-state index contributed by atoms with van der Waals surface area (Å²) >= 11 is 6.64. The molecule has 4 heterocycles. The molecule has 2 saturated heterocycles. The van der Waals surface area contributed by atoms with Crippen LogP contribution in [0.1, 0.15) is 11.1 Å². The van der Waals surface area contributed by atoms with Gasteiger partial charge in [-0.2, -0.15) is 5.26 Å². The molecule has 4 aromatic rings. The zero-order valence-corrected chi connectivity index (χ0v) is 19.6. The summed E-state index contributed by atoms with van der Waals surface area (Å²) in [5.41, 5.74) is 6.20. The number of pyridine rings is 1. The molecule has 2 aliphatic heterocycles. The lowest BCUT2D eigenvalue weighted by Crippen LogP contribution is -2.34. The third kappa shape index (κ3) is 3.76. The van der Waals surface area contributed by atoms with Gasteiger partial charge in [-0.25, -0.2) is 4.98 Å². The third-order valence-corrected chi connectivity index (χ3v) is 6.92. The first kappa shape index (κ1) is 22.1. The Hall–Kier alpha value is -3.41. The van der Waals surface area contributed by atoms with E-state index in [1.54, 1.807) is 6.07 Å². The number of nitriles is 1. The van der Waals surface area contributed by atoms with Gasteiger partial charge in [-0.3, -0.25) is 0 Å². The van der Waals surface area contributed by atoms with Crippen LogP contribution < -0.4 is 4.74 Å². The molecule has 0 spiro atoms. The van der Waals surface area contributed by atoms with Gasteiger partial charge in [0.15, 0.2) is 6.10 Å². The SMILES string of the molecule is Cc1cc(-c2nc3c(C#N)c(O[C@@H]4CO[C@H]5[C@@H]4OC[C@H]5O)[nH]c3cc2Cl)ccc1-c1ccccc1. The van der Waals surface area contributed by atoms with Crippen molar-refractivity contribution in [1.82, 2.24) is 9.97 Å². The Kier molecular flexibility index (Phi) is 5.47. The highest BCUT2D eigenvalue weighted by atomic mass is 35.5. The normalized spacial score (nSPS) is 23.4. The van der Waals surface area contributed by atoms with Gasteiger partial charge in [0.05, 0.1) is 29.4 Å². The van der Waals surface area contributed by atoms with Crippen LogP contribution in [0.5, 0.6) is 5.88 Å². The Morgan fingerprint density at radius 2 is 1.89 bits per heavy atom. The third-order valence-electron chi connectivity index (χ3n) is 6.64. The standard InChI is InChI=1S/C27H22ClN3O4/c1-14-9-16(7-8-17(14)15-5-3-2-4-6-15)23-19(28)10-20-24(31-23)18(11-29)27(30-20)35-22-13-34-25-21(32)12-33-26(22)25/h2-10,21-22,25-26,30,32H,12-13H2,1H3/t21-,22-,25-,26-/m1/s1. The molecule has 7 nitrogen and oxygen atoms in total. The van der Waals surface area contributed by atoms with Crippen LogP contribution in [-0.2, 0) is 9.47 Å². The number of halogens is 1. The van der Waals surface area contributed by atoms with E-state index in [9.17, 15) is 10.4 Å². The molecule has 0 aliphatic carbocycles. The molecule has 8 heteroatoms. The number of nitrogens with zero attached hydrogens (tertiary/aromatic N) is 2. The van der Waals surface area contributed by atoms with Gasteiger partial charge in [0.1, 0.15) is 35.5 Å². The van der Waals surface area contributed by atoms with Crippen LogP contribution >= 0.6 is 11.6 Å². The molecule has 0 amide bonds. The molecule has 176 valence electrons. The summed E-state index contributed by atoms with van der Waals surface area (Å²) in [4.78, 5) is 7.89. The maximum atomic E-state index is 9.98. The highest BCUT2D eigenvalue weighted by Gasteiger charge is 2.48. The van der Waals surface area contributed by atoms with Gasteiger partial charge in [0, 0.05) is 5.56 Å². The molecule has 0 radical (unpaired) electrons. The fraction of sp³-hybridized carbons (Fsp3) is 0.259. The van der Waals surface area contributed by atoms with E-state index in [1.807, 2.05) is 24.3 Å². The van der Waals surface area contributed by atoms with Crippen molar-refractivity contribution >= 4 is 22.6 Å². The van der Waals surface area contributed by atoms with E-state index in [2.05, 4.69) is 42.2 Å². The first-order valence-corrected chi connectivity index (χ1v) is 11.8. The van der Waals surface area contributed by atoms with Gasteiger partial charge in [0.25, 0.3) is 0 Å². The number of nitrogens with one attached hydrogen (secondary N) is 1. The smallest absolute Gasteiger partial charge is 0.212 e. The largest absolute Gasteiger partial charge is 0.469 e. The van der Waals surface area contributed by atoms with Crippen molar-refractivity contribution in [2.24, 2.45) is 0 Å². The monoisotopic (exact) mass is 487 g/mol. The summed E-state index contributed by atoms with van der Waals surface area (Å²) in [5.74, 6) is 0.290. The second-order valence-electron chi connectivity index (χ2n) is 8.87. The Balaban J connectivity index is 1.36. The van der Waals surface area contributed by atoms with Gasteiger partial charge in [-0.05, 0) is 35.7 Å². The minimum absolute atomic E-state index is 0.204. The Morgan fingerprint density at radius 3 is 2.66 bits per heavy atom. The van der Waals surface area contributed by atoms with Crippen molar-refractivity contribution in [2.45, 2.75) is 31.3 Å². The van der Waals surface area contributed by atoms with Gasteiger partial charge in [0.2, 0.25) is 5.88 Å². The average molecular weight is 488 g/mol. The van der Waals surface area contributed by atoms with Crippen molar-refractivity contribution in [3.63, 3.8) is 0 Å². The fourth-order valence-corrected chi connectivity index (χ4v) is 5.17. The van der Waals surface area contributed by atoms with Crippen LogP contribution in [0.2, 0.25) is 5.02 Å². The molecule has 2 aromatic heterocycles. The summed E-state index contributed by atoms with van der Waals surface area (Å²) in [5, 5.41) is 20.4. The van der Waals surface area contributed by atoms with E-state index in [4.69, 9.17) is 30.8 Å². The van der Waals surface area contributed by atoms with Crippen molar-refractivity contribution in [2.75, 3.05) is 13.2 Å². The van der Waals surface area contributed by atoms with E-state index in [0.29, 0.717) is 21.7 Å². The van der Waals surface area contributed by atoms with Crippen LogP contribution in [0.4, 0.5) is 0 Å². The summed E-state index contributed by atoms with van der Waals surface area (Å²) in [7, 11) is 0. The van der Waals surface area contributed by atoms with Gasteiger partial charge in [-0.15, -0.1) is 0 Å². The molecule has 0 saturated carbocycles. The van der Waals surface area contributed by atoms with E-state index in [0.717, 1.165) is 22.3 Å². The lowest BCUT2D eigenvalue weighted by Gasteiger charge is -2.16. The number of rotatable bonds is 4. The Morgan fingerprint density at radius 1 is 1.09 bits per heavy atom. The number of fused-ring (bicyclic) bond motifs is 2. The summed E-state index contributed by atoms with van der Waals surface area (Å²) in [6.07, 6.45) is -1.93. The fourth-order valence-electron chi connectivity index (χ4n) is 4.91. The second kappa shape index (κ2) is 8.67. The lowest BCUT2D eigenvalue weighted by atomic mass is 9.97. The molecular weight excluding hydrogens is 466 g/mol. The number of aliphatic hydroxyl groups is 1. The highest BCUT2D eigenvalue weighted by molar-refractivity contribution is 6.33. The topological polar surface area (TPSA) is 100 Å². The minimum Gasteiger partial charge on any atom is -0.469 e. The minimum atomic E-state index is -0.675. The maximum Gasteiger partial charge on any atom is 0.212 e. The summed E-state index contributed by atoms with van der Waals surface area (Å²) in [6.45, 7) is 2.52. The lowest BCUT2D eigenvalue weighted by molar-refractivity contribution is 0.00789. The molecule has 2 aromatic carbocycles. The van der Waals surface area contributed by atoms with Crippen molar-refractivity contribution in [3.05, 3.63) is 70.7 Å². The van der Waals surface area contributed by atoms with Gasteiger partial charge >= 0.3 is 0 Å². The Labute approximate surface area is 206 Å². The zero-order chi connectivity index (χ0) is 24.1. The van der Waals surface area contributed by atoms with Crippen molar-refractivity contribution < 1.29 is 19.3 Å². The molecule has 6 rings (SSSR count). The van der Waals surface area contributed by atoms with Gasteiger partial charge in [-0.1, -0.05) is 54.1 Å². The predicted octanol–water partition coefficient (Wildman–Crippen LogP) is 4.64. The summed E-state index contributed by atoms with van der Waals surface area (Å²) < 4.78 is 17.4. The average Bonchev–Trinajstić information content (AvgIpc) is 3.53. The molecule has 35 heavy (non-hydrogen) atoms. The van der Waals surface area contributed by atoms with Crippen LogP contribution in [0.15, 0.2) is 54.6 Å². The maximum absolute atomic E-state index is 9.98. The molecular formula is C27H22ClN3O4. The number of aromatic amines is 1. The Bertz CT molecular complexity index is 1460. The van der Waals surface area contributed by atoms with Gasteiger partial charge < -0.3 is 24.3 Å². The molecule has 2 N–H and O–H groups in total. The molecule has 2 fully saturated rings. The van der Waals surface area contributed by atoms with E-state index >= 15 is 0 Å². The zero-order valence-electron chi connectivity index (χ0n) is 18.9. The molecule has 2 aliphatic rings. The molecule has 0 bridgehead atoms. The van der Waals surface area contributed by atoms with Crippen LogP contribution in [0, 0.1) is 18.3 Å². The number of aliphatic hydroxyl groups excluding tert-OH is 1. The molecule has 0 unspecified atom stereocenters. The molecule has 4 atom stereocenters. The quantitative estimate of drug-likeness (QED) is 0.435. The van der Waals surface area contributed by atoms with E-state index in [1.165, 1.54) is 0 Å². The highest BCUT2D eigenvalue weighted by Crippen LogP contribution is 2.37.